The van der Waals surface area contributed by atoms with Crippen molar-refractivity contribution in [1.82, 2.24) is 0 Å². The first-order chi connectivity index (χ1) is 8.08. The zero-order chi connectivity index (χ0) is 12.2. The second-order valence-electron chi connectivity index (χ2n) is 4.47. The second-order valence-corrected chi connectivity index (χ2v) is 5.33. The van der Waals surface area contributed by atoms with Gasteiger partial charge in [0, 0.05) is 11.0 Å². The van der Waals surface area contributed by atoms with Crippen molar-refractivity contribution in [2.45, 2.75) is 12.8 Å². The summed E-state index contributed by atoms with van der Waals surface area (Å²) < 4.78 is 13.7. The third-order valence-electron chi connectivity index (χ3n) is 3.12. The maximum absolute atomic E-state index is 13.2. The molecule has 0 atom stereocenters. The van der Waals surface area contributed by atoms with Gasteiger partial charge in [0.2, 0.25) is 0 Å². The number of fused-ring (bicyclic) bond motifs is 1. The fourth-order valence-electron chi connectivity index (χ4n) is 2.09. The summed E-state index contributed by atoms with van der Waals surface area (Å²) in [6.07, 6.45) is 2.18. The Kier molecular flexibility index (Phi) is 2.33. The number of Topliss-reactive ketones (excluding diaryl/α,β-unsaturated/α-hetero) is 1. The lowest BCUT2D eigenvalue weighted by molar-refractivity contribution is -0.114. The highest BCUT2D eigenvalue weighted by molar-refractivity contribution is 9.10. The number of ketones is 1. The molecule has 1 aromatic carbocycles. The zero-order valence-electron chi connectivity index (χ0n) is 8.87. The van der Waals surface area contributed by atoms with Gasteiger partial charge in [0.15, 0.2) is 0 Å². The molecule has 88 valence electrons. The minimum atomic E-state index is -0.610. The molecule has 1 fully saturated rings. The molecule has 1 aliphatic heterocycles. The van der Waals surface area contributed by atoms with E-state index in [9.17, 15) is 14.0 Å². The molecular formula is C12H9BrFNO2. The fraction of sp³-hybridized carbons (Fsp3) is 0.333. The van der Waals surface area contributed by atoms with Crippen LogP contribution in [0.5, 0.6) is 0 Å². The van der Waals surface area contributed by atoms with Crippen molar-refractivity contribution in [1.29, 1.82) is 0 Å². The van der Waals surface area contributed by atoms with Crippen molar-refractivity contribution in [2.24, 2.45) is 5.92 Å². The van der Waals surface area contributed by atoms with Crippen molar-refractivity contribution < 1.29 is 14.0 Å². The summed E-state index contributed by atoms with van der Waals surface area (Å²) in [6.45, 7) is 0.557. The number of halogens is 2. The molecule has 1 amide bonds. The van der Waals surface area contributed by atoms with Gasteiger partial charge in [-0.15, -0.1) is 0 Å². The molecule has 0 saturated heterocycles. The number of hydrogen-bond donors (Lipinski definition) is 0. The molecule has 5 heteroatoms. The largest absolute Gasteiger partial charge is 0.303 e. The Morgan fingerprint density at radius 3 is 2.71 bits per heavy atom. The highest BCUT2D eigenvalue weighted by Crippen LogP contribution is 2.40. The van der Waals surface area contributed by atoms with Crippen LogP contribution < -0.4 is 4.90 Å². The van der Waals surface area contributed by atoms with Crippen molar-refractivity contribution in [3.05, 3.63) is 28.0 Å². The van der Waals surface area contributed by atoms with E-state index in [1.807, 2.05) is 0 Å². The van der Waals surface area contributed by atoms with Crippen molar-refractivity contribution in [2.75, 3.05) is 11.4 Å². The van der Waals surface area contributed by atoms with Gasteiger partial charge < -0.3 is 4.90 Å². The van der Waals surface area contributed by atoms with Crippen LogP contribution in [-0.4, -0.2) is 18.2 Å². The second kappa shape index (κ2) is 3.63. The normalized spacial score (nSPS) is 18.8. The van der Waals surface area contributed by atoms with Gasteiger partial charge in [-0.3, -0.25) is 9.59 Å². The number of anilines is 1. The van der Waals surface area contributed by atoms with E-state index in [4.69, 9.17) is 0 Å². The number of carbonyl (C=O) groups excluding carboxylic acids is 2. The maximum Gasteiger partial charge on any atom is 0.299 e. The monoisotopic (exact) mass is 297 g/mol. The molecule has 0 spiro atoms. The molecule has 0 aromatic heterocycles. The summed E-state index contributed by atoms with van der Waals surface area (Å²) in [5.41, 5.74) is 0.691. The third kappa shape index (κ3) is 1.69. The van der Waals surface area contributed by atoms with Gasteiger partial charge in [-0.25, -0.2) is 4.39 Å². The molecule has 0 unspecified atom stereocenters. The van der Waals surface area contributed by atoms with Crippen LogP contribution in [0.1, 0.15) is 23.2 Å². The molecule has 1 aromatic rings. The summed E-state index contributed by atoms with van der Waals surface area (Å²) in [7, 11) is 0. The minimum Gasteiger partial charge on any atom is -0.303 e. The fourth-order valence-corrected chi connectivity index (χ4v) is 2.73. The Balaban J connectivity index is 2.10. The van der Waals surface area contributed by atoms with E-state index in [2.05, 4.69) is 15.9 Å². The summed E-state index contributed by atoms with van der Waals surface area (Å²) in [5, 5.41) is 0. The smallest absolute Gasteiger partial charge is 0.299 e. The summed E-state index contributed by atoms with van der Waals surface area (Å²) in [6, 6.07) is 2.41. The molecule has 3 nitrogen and oxygen atoms in total. The topological polar surface area (TPSA) is 37.4 Å². The lowest BCUT2D eigenvalue weighted by atomic mass is 10.1. The SMILES string of the molecule is O=C1C(=O)N(CC2CC2)c2c(Br)cc(F)cc21. The molecule has 1 saturated carbocycles. The lowest BCUT2D eigenvalue weighted by Gasteiger charge is -2.17. The Hall–Kier alpha value is -1.23. The number of rotatable bonds is 2. The molecule has 1 heterocycles. The molecule has 0 N–H and O–H groups in total. The van der Waals surface area contributed by atoms with Crippen molar-refractivity contribution in [3.63, 3.8) is 0 Å². The molecule has 17 heavy (non-hydrogen) atoms. The molecule has 1 aliphatic carbocycles. The Bertz CT molecular complexity index is 540. The van der Waals surface area contributed by atoms with Crippen LogP contribution in [0, 0.1) is 11.7 Å². The van der Waals surface area contributed by atoms with E-state index in [0.717, 1.165) is 18.9 Å². The highest BCUT2D eigenvalue weighted by Gasteiger charge is 2.40. The Morgan fingerprint density at radius 2 is 2.06 bits per heavy atom. The average molecular weight is 298 g/mol. The molecule has 2 aliphatic rings. The van der Waals surface area contributed by atoms with Gasteiger partial charge in [-0.1, -0.05) is 0 Å². The van der Waals surface area contributed by atoms with E-state index < -0.39 is 17.5 Å². The van der Waals surface area contributed by atoms with Crippen molar-refractivity contribution in [3.8, 4) is 0 Å². The van der Waals surface area contributed by atoms with Gasteiger partial charge in [0.05, 0.1) is 11.3 Å². The van der Waals surface area contributed by atoms with E-state index in [1.165, 1.54) is 11.0 Å². The number of carbonyl (C=O) groups is 2. The zero-order valence-corrected chi connectivity index (χ0v) is 10.5. The quantitative estimate of drug-likeness (QED) is 0.787. The molecule has 3 rings (SSSR count). The van der Waals surface area contributed by atoms with Crippen LogP contribution in [0.4, 0.5) is 10.1 Å². The summed E-state index contributed by atoms with van der Waals surface area (Å²) in [4.78, 5) is 25.0. The number of nitrogens with zero attached hydrogens (tertiary/aromatic N) is 1. The first-order valence-electron chi connectivity index (χ1n) is 5.43. The van der Waals surface area contributed by atoms with Gasteiger partial charge in [-0.05, 0) is 46.8 Å². The Labute approximate surface area is 106 Å². The van der Waals surface area contributed by atoms with Gasteiger partial charge >= 0.3 is 0 Å². The van der Waals surface area contributed by atoms with Crippen LogP contribution in [-0.2, 0) is 4.79 Å². The first-order valence-corrected chi connectivity index (χ1v) is 6.22. The van der Waals surface area contributed by atoms with Crippen LogP contribution in [0.3, 0.4) is 0 Å². The first kappa shape index (κ1) is 10.9. The third-order valence-corrected chi connectivity index (χ3v) is 3.72. The van der Waals surface area contributed by atoms with Crippen LogP contribution in [0.25, 0.3) is 0 Å². The lowest BCUT2D eigenvalue weighted by Crippen LogP contribution is -2.31. The predicted octanol–water partition coefficient (Wildman–Crippen LogP) is 2.53. The van der Waals surface area contributed by atoms with E-state index >= 15 is 0 Å². The predicted molar refractivity (Wildman–Crippen MR) is 63.5 cm³/mol. The summed E-state index contributed by atoms with van der Waals surface area (Å²) in [5.74, 6) is -1.18. The van der Waals surface area contributed by atoms with Gasteiger partial charge in [0.25, 0.3) is 11.7 Å². The Morgan fingerprint density at radius 1 is 1.35 bits per heavy atom. The molecular weight excluding hydrogens is 289 g/mol. The van der Waals surface area contributed by atoms with E-state index in [-0.39, 0.29) is 5.56 Å². The van der Waals surface area contributed by atoms with Gasteiger partial charge in [-0.2, -0.15) is 0 Å². The van der Waals surface area contributed by atoms with Crippen LogP contribution in [0.15, 0.2) is 16.6 Å². The van der Waals surface area contributed by atoms with Gasteiger partial charge in [0.1, 0.15) is 5.82 Å². The standard InChI is InChI=1S/C12H9BrFNO2/c13-9-4-7(14)3-8-10(9)15(5-6-1-2-6)12(17)11(8)16/h3-4,6H,1-2,5H2. The van der Waals surface area contributed by atoms with Crippen molar-refractivity contribution >= 4 is 33.3 Å². The average Bonchev–Trinajstić information content (AvgIpc) is 3.04. The highest BCUT2D eigenvalue weighted by atomic mass is 79.9. The van der Waals surface area contributed by atoms with Crippen LogP contribution >= 0.6 is 15.9 Å². The van der Waals surface area contributed by atoms with E-state index in [1.54, 1.807) is 0 Å². The molecule has 0 radical (unpaired) electrons. The van der Waals surface area contributed by atoms with Crippen LogP contribution in [0.2, 0.25) is 0 Å². The minimum absolute atomic E-state index is 0.169. The molecule has 0 bridgehead atoms. The summed E-state index contributed by atoms with van der Waals surface area (Å²) >= 11 is 3.22. The number of amides is 1. The maximum atomic E-state index is 13.2. The van der Waals surface area contributed by atoms with E-state index in [0.29, 0.717) is 22.6 Å². The number of benzene rings is 1. The number of hydrogen-bond acceptors (Lipinski definition) is 2.